The highest BCUT2D eigenvalue weighted by atomic mass is 32.2. The summed E-state index contributed by atoms with van der Waals surface area (Å²) in [6.45, 7) is 10.4. The number of allylic oxidation sites excluding steroid dienone is 1. The van der Waals surface area contributed by atoms with Crippen molar-refractivity contribution in [2.24, 2.45) is 11.3 Å². The largest absolute Gasteiger partial charge is 0.286 e. The van der Waals surface area contributed by atoms with Gasteiger partial charge < -0.3 is 0 Å². The SMILES string of the molecule is C=C1C(C)CCC1(C)C(=O)Sc1ccc(C)cc1. The first-order valence-electron chi connectivity index (χ1n) is 6.42. The van der Waals surface area contributed by atoms with E-state index in [1.807, 2.05) is 31.2 Å². The fourth-order valence-corrected chi connectivity index (χ4v) is 3.39. The second-order valence-electron chi connectivity index (χ2n) is 5.50. The van der Waals surface area contributed by atoms with Crippen molar-refractivity contribution in [3.05, 3.63) is 42.0 Å². The average molecular weight is 260 g/mol. The monoisotopic (exact) mass is 260 g/mol. The predicted molar refractivity (Wildman–Crippen MR) is 77.7 cm³/mol. The lowest BCUT2D eigenvalue weighted by Crippen LogP contribution is -2.23. The van der Waals surface area contributed by atoms with Crippen LogP contribution >= 0.6 is 11.8 Å². The number of carbonyl (C=O) groups excluding carboxylic acids is 1. The van der Waals surface area contributed by atoms with E-state index in [0.717, 1.165) is 23.3 Å². The molecule has 2 atom stereocenters. The third-order valence-electron chi connectivity index (χ3n) is 4.06. The van der Waals surface area contributed by atoms with Gasteiger partial charge in [-0.15, -0.1) is 0 Å². The molecule has 1 aromatic carbocycles. The Morgan fingerprint density at radius 3 is 2.50 bits per heavy atom. The van der Waals surface area contributed by atoms with Crippen molar-refractivity contribution in [2.45, 2.75) is 38.5 Å². The normalized spacial score (nSPS) is 27.5. The molecule has 0 radical (unpaired) electrons. The van der Waals surface area contributed by atoms with Gasteiger partial charge in [-0.05, 0) is 44.7 Å². The van der Waals surface area contributed by atoms with Gasteiger partial charge in [-0.3, -0.25) is 4.79 Å². The lowest BCUT2D eigenvalue weighted by Gasteiger charge is -2.24. The zero-order valence-electron chi connectivity index (χ0n) is 11.3. The van der Waals surface area contributed by atoms with Gasteiger partial charge in [0.15, 0.2) is 0 Å². The summed E-state index contributed by atoms with van der Waals surface area (Å²) in [6, 6.07) is 8.12. The average Bonchev–Trinajstić information content (AvgIpc) is 2.61. The van der Waals surface area contributed by atoms with E-state index in [9.17, 15) is 4.79 Å². The lowest BCUT2D eigenvalue weighted by atomic mass is 9.85. The first-order chi connectivity index (χ1) is 8.43. The summed E-state index contributed by atoms with van der Waals surface area (Å²) in [5.74, 6) is 0.470. The maximum Gasteiger partial charge on any atom is 0.203 e. The fraction of sp³-hybridized carbons (Fsp3) is 0.438. The molecule has 0 bridgehead atoms. The number of rotatable bonds is 2. The molecule has 96 valence electrons. The summed E-state index contributed by atoms with van der Waals surface area (Å²) in [4.78, 5) is 13.5. The predicted octanol–water partition coefficient (Wildman–Crippen LogP) is 4.61. The molecule has 1 aliphatic carbocycles. The Balaban J connectivity index is 2.13. The van der Waals surface area contributed by atoms with E-state index in [4.69, 9.17) is 0 Å². The molecule has 2 unspecified atom stereocenters. The second kappa shape index (κ2) is 4.93. The van der Waals surface area contributed by atoms with Gasteiger partial charge in [0.25, 0.3) is 0 Å². The van der Waals surface area contributed by atoms with Crippen LogP contribution in [0.4, 0.5) is 0 Å². The Kier molecular flexibility index (Phi) is 3.67. The van der Waals surface area contributed by atoms with E-state index in [1.54, 1.807) is 0 Å². The summed E-state index contributed by atoms with van der Waals surface area (Å²) in [7, 11) is 0. The number of thioether (sulfide) groups is 1. The van der Waals surface area contributed by atoms with Crippen LogP contribution in [0.5, 0.6) is 0 Å². The molecule has 1 nitrogen and oxygen atoms in total. The number of hydrogen-bond donors (Lipinski definition) is 0. The highest BCUT2D eigenvalue weighted by Crippen LogP contribution is 2.48. The molecular weight excluding hydrogens is 240 g/mol. The Labute approximate surface area is 114 Å². The molecule has 2 heteroatoms. The van der Waals surface area contributed by atoms with Crippen LogP contribution in [0.1, 0.15) is 32.3 Å². The Morgan fingerprint density at radius 2 is 2.00 bits per heavy atom. The minimum Gasteiger partial charge on any atom is -0.286 e. The first kappa shape index (κ1) is 13.4. The topological polar surface area (TPSA) is 17.1 Å². The van der Waals surface area contributed by atoms with Crippen molar-refractivity contribution >= 4 is 16.9 Å². The number of carbonyl (C=O) groups is 1. The third-order valence-corrected chi connectivity index (χ3v) is 5.21. The summed E-state index contributed by atoms with van der Waals surface area (Å²) < 4.78 is 0. The molecular formula is C16H20OS. The van der Waals surface area contributed by atoms with Gasteiger partial charge in [0.05, 0.1) is 5.41 Å². The van der Waals surface area contributed by atoms with Crippen LogP contribution < -0.4 is 0 Å². The van der Waals surface area contributed by atoms with Crippen LogP contribution in [0.3, 0.4) is 0 Å². The zero-order valence-corrected chi connectivity index (χ0v) is 12.1. The van der Waals surface area contributed by atoms with Gasteiger partial charge in [0.2, 0.25) is 5.12 Å². The van der Waals surface area contributed by atoms with E-state index < -0.39 is 0 Å². The summed E-state index contributed by atoms with van der Waals surface area (Å²) in [6.07, 6.45) is 2.01. The van der Waals surface area contributed by atoms with Crippen molar-refractivity contribution in [3.8, 4) is 0 Å². The van der Waals surface area contributed by atoms with Crippen molar-refractivity contribution in [3.63, 3.8) is 0 Å². The number of aryl methyl sites for hydroxylation is 1. The highest BCUT2D eigenvalue weighted by molar-refractivity contribution is 8.13. The van der Waals surface area contributed by atoms with Gasteiger partial charge in [-0.2, -0.15) is 0 Å². The van der Waals surface area contributed by atoms with E-state index >= 15 is 0 Å². The number of benzene rings is 1. The maximum atomic E-state index is 12.5. The fourth-order valence-electron chi connectivity index (χ4n) is 2.44. The Hall–Kier alpha value is -1.02. The standard InChI is InChI=1S/C16H20OS/c1-11-5-7-14(8-6-11)18-15(17)16(4)10-9-12(2)13(16)3/h5-8,12H,3,9-10H2,1-2,4H3. The maximum absolute atomic E-state index is 12.5. The molecule has 0 N–H and O–H groups in total. The second-order valence-corrected chi connectivity index (χ2v) is 6.55. The van der Waals surface area contributed by atoms with E-state index in [1.165, 1.54) is 17.3 Å². The Bertz CT molecular complexity index is 474. The van der Waals surface area contributed by atoms with Crippen molar-refractivity contribution in [2.75, 3.05) is 0 Å². The molecule has 0 saturated heterocycles. The van der Waals surface area contributed by atoms with E-state index in [-0.39, 0.29) is 10.5 Å². The zero-order chi connectivity index (χ0) is 13.3. The van der Waals surface area contributed by atoms with Crippen LogP contribution in [0.15, 0.2) is 41.3 Å². The summed E-state index contributed by atoms with van der Waals surface area (Å²) >= 11 is 1.35. The van der Waals surface area contributed by atoms with Gasteiger partial charge >= 0.3 is 0 Å². The highest BCUT2D eigenvalue weighted by Gasteiger charge is 2.43. The lowest BCUT2D eigenvalue weighted by molar-refractivity contribution is -0.117. The van der Waals surface area contributed by atoms with Crippen LogP contribution in [0, 0.1) is 18.3 Å². The minimum atomic E-state index is -0.338. The molecule has 0 amide bonds. The van der Waals surface area contributed by atoms with Crippen LogP contribution in [-0.4, -0.2) is 5.12 Å². The van der Waals surface area contributed by atoms with Gasteiger partial charge in [0, 0.05) is 4.90 Å². The van der Waals surface area contributed by atoms with Crippen LogP contribution in [0.2, 0.25) is 0 Å². The summed E-state index contributed by atoms with van der Waals surface area (Å²) in [5, 5.41) is 0.237. The van der Waals surface area contributed by atoms with Gasteiger partial charge in [0.1, 0.15) is 0 Å². The minimum absolute atomic E-state index is 0.237. The van der Waals surface area contributed by atoms with Gasteiger partial charge in [-0.25, -0.2) is 0 Å². The smallest absolute Gasteiger partial charge is 0.203 e. The Morgan fingerprint density at radius 1 is 1.39 bits per heavy atom. The quantitative estimate of drug-likeness (QED) is 0.570. The molecule has 1 saturated carbocycles. The molecule has 0 heterocycles. The number of hydrogen-bond acceptors (Lipinski definition) is 2. The van der Waals surface area contributed by atoms with E-state index in [2.05, 4.69) is 20.4 Å². The van der Waals surface area contributed by atoms with Crippen LogP contribution in [-0.2, 0) is 4.79 Å². The van der Waals surface area contributed by atoms with Gasteiger partial charge in [-0.1, -0.05) is 48.5 Å². The van der Waals surface area contributed by atoms with Crippen LogP contribution in [0.25, 0.3) is 0 Å². The summed E-state index contributed by atoms with van der Waals surface area (Å²) in [5.41, 5.74) is 1.98. The molecule has 1 aromatic rings. The van der Waals surface area contributed by atoms with Crippen molar-refractivity contribution < 1.29 is 4.79 Å². The molecule has 2 rings (SSSR count). The molecule has 0 aliphatic heterocycles. The molecule has 0 aromatic heterocycles. The molecule has 18 heavy (non-hydrogen) atoms. The van der Waals surface area contributed by atoms with Crippen molar-refractivity contribution in [1.82, 2.24) is 0 Å². The molecule has 1 aliphatic rings. The first-order valence-corrected chi connectivity index (χ1v) is 7.23. The third kappa shape index (κ3) is 2.39. The van der Waals surface area contributed by atoms with Crippen molar-refractivity contribution in [1.29, 1.82) is 0 Å². The molecule has 1 fully saturated rings. The van der Waals surface area contributed by atoms with E-state index in [0.29, 0.717) is 5.92 Å². The molecule has 0 spiro atoms.